The normalized spacial score (nSPS) is 11.6. The van der Waals surface area contributed by atoms with Crippen molar-refractivity contribution in [2.24, 2.45) is 5.73 Å². The molecule has 0 heterocycles. The first-order valence-electron chi connectivity index (χ1n) is 5.38. The molecule has 0 aromatic heterocycles. The van der Waals surface area contributed by atoms with E-state index in [1.807, 2.05) is 0 Å². The molecule has 19 heavy (non-hydrogen) atoms. The summed E-state index contributed by atoms with van der Waals surface area (Å²) in [7, 11) is 3.18. The van der Waals surface area contributed by atoms with E-state index in [1.54, 1.807) is 25.2 Å². The molecule has 2 N–H and O–H groups in total. The molecule has 7 heteroatoms. The van der Waals surface area contributed by atoms with Gasteiger partial charge in [0, 0.05) is 30.7 Å². The molecule has 4 nitrogen and oxygen atoms in total. The minimum Gasteiger partial charge on any atom is -0.383 e. The van der Waals surface area contributed by atoms with Crippen molar-refractivity contribution in [3.8, 4) is 0 Å². The Morgan fingerprint density at radius 2 is 1.89 bits per heavy atom. The molecule has 1 rings (SSSR count). The number of ether oxygens (including phenoxy) is 1. The molecule has 0 aliphatic heterocycles. The first-order chi connectivity index (χ1) is 8.43. The lowest BCUT2D eigenvalue weighted by Gasteiger charge is -2.21. The van der Waals surface area contributed by atoms with Crippen molar-refractivity contribution in [2.45, 2.75) is 12.6 Å². The molecule has 0 saturated heterocycles. The molecule has 0 aliphatic carbocycles. The zero-order valence-corrected chi connectivity index (χ0v) is 13.1. The molecular formula is C12H17Cl3N2O2. The molecule has 1 aromatic carbocycles. The molecule has 108 valence electrons. The van der Waals surface area contributed by atoms with Gasteiger partial charge in [0.05, 0.1) is 6.61 Å². The van der Waals surface area contributed by atoms with Crippen molar-refractivity contribution in [1.82, 2.24) is 4.90 Å². The number of hydrogen-bond donors (Lipinski definition) is 1. The van der Waals surface area contributed by atoms with Crippen molar-refractivity contribution < 1.29 is 9.53 Å². The maximum Gasteiger partial charge on any atom is 0.241 e. The lowest BCUT2D eigenvalue weighted by atomic mass is 10.2. The summed E-state index contributed by atoms with van der Waals surface area (Å²) in [6.45, 7) is 0.593. The highest BCUT2D eigenvalue weighted by atomic mass is 35.5. The second kappa shape index (κ2) is 8.61. The van der Waals surface area contributed by atoms with Gasteiger partial charge in [-0.1, -0.05) is 23.2 Å². The number of halogens is 3. The number of likely N-dealkylation sites (N-methyl/N-ethyl adjacent to an activating group) is 1. The Kier molecular flexibility index (Phi) is 8.38. The van der Waals surface area contributed by atoms with E-state index in [0.29, 0.717) is 16.6 Å². The van der Waals surface area contributed by atoms with Gasteiger partial charge in [0.25, 0.3) is 0 Å². The maximum absolute atomic E-state index is 11.9. The van der Waals surface area contributed by atoms with Gasteiger partial charge in [0.2, 0.25) is 5.91 Å². The second-order valence-corrected chi connectivity index (χ2v) is 4.91. The SMILES string of the molecule is COCC(N)C(=O)N(C)Cc1cc(Cl)cc(Cl)c1.Cl. The van der Waals surface area contributed by atoms with E-state index in [9.17, 15) is 4.79 Å². The topological polar surface area (TPSA) is 55.6 Å². The largest absolute Gasteiger partial charge is 0.383 e. The van der Waals surface area contributed by atoms with Gasteiger partial charge in [-0.25, -0.2) is 0 Å². The average Bonchev–Trinajstić information content (AvgIpc) is 2.26. The van der Waals surface area contributed by atoms with Gasteiger partial charge in [0.15, 0.2) is 0 Å². The van der Waals surface area contributed by atoms with Crippen LogP contribution in [0.25, 0.3) is 0 Å². The van der Waals surface area contributed by atoms with E-state index in [4.69, 9.17) is 33.7 Å². The number of nitrogens with two attached hydrogens (primary N) is 1. The van der Waals surface area contributed by atoms with E-state index >= 15 is 0 Å². The minimum absolute atomic E-state index is 0. The van der Waals surface area contributed by atoms with Crippen LogP contribution in [-0.2, 0) is 16.1 Å². The fraction of sp³-hybridized carbons (Fsp3) is 0.417. The molecule has 1 amide bonds. The highest BCUT2D eigenvalue weighted by molar-refractivity contribution is 6.34. The standard InChI is InChI=1S/C12H16Cl2N2O2.ClH/c1-16(12(17)11(15)7-18-2)6-8-3-9(13)5-10(14)4-8;/h3-5,11H,6-7,15H2,1-2H3;1H. The summed E-state index contributed by atoms with van der Waals surface area (Å²) >= 11 is 11.8. The predicted molar refractivity (Wildman–Crippen MR) is 80.0 cm³/mol. The highest BCUT2D eigenvalue weighted by Crippen LogP contribution is 2.20. The molecule has 1 atom stereocenters. The number of carbonyl (C=O) groups is 1. The van der Waals surface area contributed by atoms with Crippen LogP contribution in [0.15, 0.2) is 18.2 Å². The van der Waals surface area contributed by atoms with Crippen LogP contribution in [0.1, 0.15) is 5.56 Å². The summed E-state index contributed by atoms with van der Waals surface area (Å²) in [5.74, 6) is -0.187. The summed E-state index contributed by atoms with van der Waals surface area (Å²) in [5, 5.41) is 1.08. The van der Waals surface area contributed by atoms with E-state index in [1.165, 1.54) is 12.0 Å². The summed E-state index contributed by atoms with van der Waals surface area (Å²) in [4.78, 5) is 13.4. The third kappa shape index (κ3) is 5.97. The van der Waals surface area contributed by atoms with Gasteiger partial charge in [-0.3, -0.25) is 4.79 Å². The lowest BCUT2D eigenvalue weighted by molar-refractivity contribution is -0.132. The zero-order chi connectivity index (χ0) is 13.7. The molecule has 0 fully saturated rings. The Balaban J connectivity index is 0.00000324. The van der Waals surface area contributed by atoms with Crippen molar-refractivity contribution in [2.75, 3.05) is 20.8 Å². The van der Waals surface area contributed by atoms with Crippen molar-refractivity contribution in [3.63, 3.8) is 0 Å². The van der Waals surface area contributed by atoms with Gasteiger partial charge in [-0.15, -0.1) is 12.4 Å². The predicted octanol–water partition coefficient (Wildman–Crippen LogP) is 2.35. The van der Waals surface area contributed by atoms with Crippen LogP contribution >= 0.6 is 35.6 Å². The third-order valence-electron chi connectivity index (χ3n) is 2.38. The Hall–Kier alpha value is -0.520. The fourth-order valence-corrected chi connectivity index (χ4v) is 2.16. The van der Waals surface area contributed by atoms with Crippen molar-refractivity contribution in [3.05, 3.63) is 33.8 Å². The number of rotatable bonds is 5. The Labute approximate surface area is 129 Å². The minimum atomic E-state index is -0.658. The number of amides is 1. The van der Waals surface area contributed by atoms with Gasteiger partial charge in [-0.2, -0.15) is 0 Å². The summed E-state index contributed by atoms with van der Waals surface area (Å²) in [5.41, 5.74) is 6.53. The summed E-state index contributed by atoms with van der Waals surface area (Å²) in [6.07, 6.45) is 0. The second-order valence-electron chi connectivity index (χ2n) is 4.03. The third-order valence-corrected chi connectivity index (χ3v) is 2.82. The number of methoxy groups -OCH3 is 1. The highest BCUT2D eigenvalue weighted by Gasteiger charge is 2.18. The van der Waals surface area contributed by atoms with E-state index < -0.39 is 6.04 Å². The molecule has 0 saturated carbocycles. The maximum atomic E-state index is 11.9. The van der Waals surface area contributed by atoms with Gasteiger partial charge in [-0.05, 0) is 23.8 Å². The van der Waals surface area contributed by atoms with Crippen LogP contribution in [0, 0.1) is 0 Å². The van der Waals surface area contributed by atoms with Crippen LogP contribution in [0.3, 0.4) is 0 Å². The van der Waals surface area contributed by atoms with E-state index in [0.717, 1.165) is 5.56 Å². The van der Waals surface area contributed by atoms with Crippen LogP contribution in [-0.4, -0.2) is 37.6 Å². The zero-order valence-electron chi connectivity index (χ0n) is 10.7. The molecule has 1 unspecified atom stereocenters. The average molecular weight is 328 g/mol. The van der Waals surface area contributed by atoms with Crippen LogP contribution in [0.2, 0.25) is 10.0 Å². The molecular weight excluding hydrogens is 311 g/mol. The van der Waals surface area contributed by atoms with Crippen molar-refractivity contribution in [1.29, 1.82) is 0 Å². The van der Waals surface area contributed by atoms with E-state index in [2.05, 4.69) is 0 Å². The molecule has 0 spiro atoms. The molecule has 0 radical (unpaired) electrons. The molecule has 1 aromatic rings. The van der Waals surface area contributed by atoms with E-state index in [-0.39, 0.29) is 24.9 Å². The van der Waals surface area contributed by atoms with Gasteiger partial charge in [0.1, 0.15) is 6.04 Å². The van der Waals surface area contributed by atoms with Gasteiger partial charge < -0.3 is 15.4 Å². The fourth-order valence-electron chi connectivity index (χ4n) is 1.59. The first kappa shape index (κ1) is 18.5. The summed E-state index contributed by atoms with van der Waals surface area (Å²) < 4.78 is 4.85. The Morgan fingerprint density at radius 1 is 1.37 bits per heavy atom. The van der Waals surface area contributed by atoms with Crippen molar-refractivity contribution >= 4 is 41.5 Å². The Bertz CT molecular complexity index is 409. The Morgan fingerprint density at radius 3 is 2.37 bits per heavy atom. The quantitative estimate of drug-likeness (QED) is 0.903. The smallest absolute Gasteiger partial charge is 0.241 e. The number of hydrogen-bond acceptors (Lipinski definition) is 3. The van der Waals surface area contributed by atoms with Crippen LogP contribution < -0.4 is 5.73 Å². The molecule has 0 bridgehead atoms. The number of benzene rings is 1. The first-order valence-corrected chi connectivity index (χ1v) is 6.14. The van der Waals surface area contributed by atoms with Crippen LogP contribution in [0.5, 0.6) is 0 Å². The number of nitrogens with zero attached hydrogens (tertiary/aromatic N) is 1. The summed E-state index contributed by atoms with van der Waals surface area (Å²) in [6, 6.07) is 4.51. The molecule has 0 aliphatic rings. The van der Waals surface area contributed by atoms with Gasteiger partial charge >= 0.3 is 0 Å². The lowest BCUT2D eigenvalue weighted by Crippen LogP contribution is -2.44. The number of carbonyl (C=O) groups excluding carboxylic acids is 1. The van der Waals surface area contributed by atoms with Crippen LogP contribution in [0.4, 0.5) is 0 Å². The monoisotopic (exact) mass is 326 g/mol.